The first-order valence-corrected chi connectivity index (χ1v) is 9.98. The fourth-order valence-corrected chi connectivity index (χ4v) is 3.99. The molecule has 0 atom stereocenters. The minimum absolute atomic E-state index is 0.0249. The van der Waals surface area contributed by atoms with E-state index in [0.717, 1.165) is 25.7 Å². The maximum atomic E-state index is 11.7. The normalized spacial score (nSPS) is 19.9. The molecule has 1 fully saturated rings. The average molecular weight is 439 g/mol. The zero-order chi connectivity index (χ0) is 20.2. The quantitative estimate of drug-likeness (QED) is 0.695. The zero-order valence-corrected chi connectivity index (χ0v) is 17.8. The first-order chi connectivity index (χ1) is 12.7. The van der Waals surface area contributed by atoms with Crippen molar-refractivity contribution in [3.63, 3.8) is 0 Å². The summed E-state index contributed by atoms with van der Waals surface area (Å²) >= 11 is 3.46. The molecule has 7 nitrogen and oxygen atoms in total. The summed E-state index contributed by atoms with van der Waals surface area (Å²) < 4.78 is 6.17. The third kappa shape index (κ3) is 5.25. The third-order valence-electron chi connectivity index (χ3n) is 4.67. The van der Waals surface area contributed by atoms with E-state index in [1.54, 1.807) is 11.0 Å². The highest BCUT2D eigenvalue weighted by molar-refractivity contribution is 9.10. The standard InChI is InChI=1S/C19H27BrN4O3/c1-5-27-17-12(11-21)10-15(20)16(23-17)22-13-6-8-14(9-7-13)24(18(25)26)19(2,3)4/h10,13-14H,5-9H2,1-4H3,(H,22,23)(H,25,26)/t13-,14-. The number of nitriles is 1. The van der Waals surface area contributed by atoms with Crippen LogP contribution >= 0.6 is 15.9 Å². The Morgan fingerprint density at radius 1 is 1.44 bits per heavy atom. The van der Waals surface area contributed by atoms with E-state index in [0.29, 0.717) is 28.3 Å². The first-order valence-electron chi connectivity index (χ1n) is 9.19. The van der Waals surface area contributed by atoms with Crippen molar-refractivity contribution in [2.75, 3.05) is 11.9 Å². The molecule has 0 unspecified atom stereocenters. The number of hydrogen-bond donors (Lipinski definition) is 2. The monoisotopic (exact) mass is 438 g/mol. The van der Waals surface area contributed by atoms with E-state index in [9.17, 15) is 15.2 Å². The Kier molecular flexibility index (Phi) is 6.93. The van der Waals surface area contributed by atoms with Gasteiger partial charge in [-0.2, -0.15) is 10.2 Å². The van der Waals surface area contributed by atoms with Crippen LogP contribution in [0.2, 0.25) is 0 Å². The number of ether oxygens (including phenoxy) is 1. The molecule has 2 N–H and O–H groups in total. The number of nitrogens with one attached hydrogen (secondary N) is 1. The molecule has 148 valence electrons. The summed E-state index contributed by atoms with van der Waals surface area (Å²) in [4.78, 5) is 17.7. The van der Waals surface area contributed by atoms with E-state index >= 15 is 0 Å². The van der Waals surface area contributed by atoms with Crippen LogP contribution in [0.15, 0.2) is 10.5 Å². The van der Waals surface area contributed by atoms with Gasteiger partial charge in [0.2, 0.25) is 5.88 Å². The van der Waals surface area contributed by atoms with Crippen LogP contribution in [-0.2, 0) is 0 Å². The second-order valence-corrected chi connectivity index (χ2v) is 8.54. The number of anilines is 1. The number of halogens is 1. The predicted molar refractivity (Wildman–Crippen MR) is 107 cm³/mol. The molecular formula is C19H27BrN4O3. The van der Waals surface area contributed by atoms with Crippen LogP contribution in [0, 0.1) is 11.3 Å². The van der Waals surface area contributed by atoms with Crippen LogP contribution in [0.4, 0.5) is 10.6 Å². The second kappa shape index (κ2) is 8.79. The Bertz CT molecular complexity index is 719. The Morgan fingerprint density at radius 3 is 2.56 bits per heavy atom. The fraction of sp³-hybridized carbons (Fsp3) is 0.632. The highest BCUT2D eigenvalue weighted by atomic mass is 79.9. The third-order valence-corrected chi connectivity index (χ3v) is 5.28. The lowest BCUT2D eigenvalue weighted by molar-refractivity contribution is 0.0556. The fourth-order valence-electron chi connectivity index (χ4n) is 3.56. The molecule has 1 aliphatic carbocycles. The molecule has 0 aliphatic heterocycles. The number of hydrogen-bond acceptors (Lipinski definition) is 5. The Hall–Kier alpha value is -2.01. The molecule has 0 aromatic carbocycles. The summed E-state index contributed by atoms with van der Waals surface area (Å²) in [5.41, 5.74) is -0.0267. The molecule has 27 heavy (non-hydrogen) atoms. The lowest BCUT2D eigenvalue weighted by Gasteiger charge is -2.42. The van der Waals surface area contributed by atoms with Gasteiger partial charge >= 0.3 is 6.09 Å². The summed E-state index contributed by atoms with van der Waals surface area (Å²) in [5.74, 6) is 0.969. The predicted octanol–water partition coefficient (Wildman–Crippen LogP) is 4.62. The molecule has 1 saturated carbocycles. The van der Waals surface area contributed by atoms with E-state index < -0.39 is 11.6 Å². The van der Waals surface area contributed by atoms with Gasteiger partial charge in [0.25, 0.3) is 0 Å². The number of carbonyl (C=O) groups is 1. The van der Waals surface area contributed by atoms with Crippen molar-refractivity contribution in [3.8, 4) is 11.9 Å². The van der Waals surface area contributed by atoms with Crippen molar-refractivity contribution in [1.29, 1.82) is 5.26 Å². The largest absolute Gasteiger partial charge is 0.477 e. The van der Waals surface area contributed by atoms with Crippen molar-refractivity contribution < 1.29 is 14.6 Å². The summed E-state index contributed by atoms with van der Waals surface area (Å²) in [7, 11) is 0. The molecule has 0 radical (unpaired) electrons. The minimum Gasteiger partial charge on any atom is -0.477 e. The zero-order valence-electron chi connectivity index (χ0n) is 16.3. The van der Waals surface area contributed by atoms with Gasteiger partial charge in [0, 0.05) is 17.6 Å². The van der Waals surface area contributed by atoms with Gasteiger partial charge in [-0.15, -0.1) is 0 Å². The van der Waals surface area contributed by atoms with Gasteiger partial charge in [-0.25, -0.2) is 4.79 Å². The number of pyridine rings is 1. The van der Waals surface area contributed by atoms with Gasteiger partial charge in [-0.05, 0) is 75.4 Å². The van der Waals surface area contributed by atoms with Gasteiger partial charge in [0.15, 0.2) is 0 Å². The molecule has 0 saturated heterocycles. The number of carboxylic acid groups (broad SMARTS) is 1. The maximum Gasteiger partial charge on any atom is 0.407 e. The van der Waals surface area contributed by atoms with Crippen LogP contribution in [-0.4, -0.2) is 45.3 Å². The van der Waals surface area contributed by atoms with Crippen LogP contribution < -0.4 is 10.1 Å². The van der Waals surface area contributed by atoms with Gasteiger partial charge in [-0.1, -0.05) is 0 Å². The molecule has 1 heterocycles. The number of nitrogens with zero attached hydrogens (tertiary/aromatic N) is 3. The Balaban J connectivity index is 2.07. The van der Waals surface area contributed by atoms with Gasteiger partial charge in [0.05, 0.1) is 11.1 Å². The van der Waals surface area contributed by atoms with E-state index in [4.69, 9.17) is 4.74 Å². The molecule has 1 amide bonds. The minimum atomic E-state index is -0.864. The molecule has 2 rings (SSSR count). The number of rotatable bonds is 5. The molecule has 1 aliphatic rings. The Labute approximate surface area is 168 Å². The summed E-state index contributed by atoms with van der Waals surface area (Å²) in [6.45, 7) is 8.07. The molecule has 1 aromatic heterocycles. The first kappa shape index (κ1) is 21.3. The van der Waals surface area contributed by atoms with Crippen LogP contribution in [0.5, 0.6) is 5.88 Å². The lowest BCUT2D eigenvalue weighted by atomic mass is 9.88. The van der Waals surface area contributed by atoms with Gasteiger partial charge in [0.1, 0.15) is 17.5 Å². The summed E-state index contributed by atoms with van der Waals surface area (Å²) in [6, 6.07) is 4.02. The average Bonchev–Trinajstić information content (AvgIpc) is 2.57. The van der Waals surface area contributed by atoms with E-state index in [1.165, 1.54) is 0 Å². The molecule has 0 bridgehead atoms. The van der Waals surface area contributed by atoms with E-state index in [2.05, 4.69) is 32.3 Å². The van der Waals surface area contributed by atoms with Crippen molar-refractivity contribution in [1.82, 2.24) is 9.88 Å². The topological polar surface area (TPSA) is 98.5 Å². The van der Waals surface area contributed by atoms with Crippen molar-refractivity contribution >= 4 is 27.8 Å². The lowest BCUT2D eigenvalue weighted by Crippen LogP contribution is -2.52. The van der Waals surface area contributed by atoms with E-state index in [1.807, 2.05) is 27.7 Å². The SMILES string of the molecule is CCOc1nc(N[C@H]2CC[C@H](N(C(=O)O)C(C)(C)C)CC2)c(Br)cc1C#N. The molecular weight excluding hydrogens is 412 g/mol. The number of amides is 1. The van der Waals surface area contributed by atoms with Crippen molar-refractivity contribution in [2.24, 2.45) is 0 Å². The highest BCUT2D eigenvalue weighted by Crippen LogP contribution is 2.32. The van der Waals surface area contributed by atoms with Gasteiger partial charge in [-0.3, -0.25) is 0 Å². The summed E-state index contributed by atoms with van der Waals surface area (Å²) in [6.07, 6.45) is 2.43. The smallest absolute Gasteiger partial charge is 0.407 e. The molecule has 8 heteroatoms. The van der Waals surface area contributed by atoms with Gasteiger partial charge < -0.3 is 20.1 Å². The highest BCUT2D eigenvalue weighted by Gasteiger charge is 2.35. The Morgan fingerprint density at radius 2 is 2.07 bits per heavy atom. The van der Waals surface area contributed by atoms with Crippen LogP contribution in [0.25, 0.3) is 0 Å². The molecule has 0 spiro atoms. The maximum absolute atomic E-state index is 11.7. The van der Waals surface area contributed by atoms with Crippen molar-refractivity contribution in [3.05, 3.63) is 16.1 Å². The van der Waals surface area contributed by atoms with Crippen LogP contribution in [0.1, 0.15) is 58.9 Å². The van der Waals surface area contributed by atoms with E-state index in [-0.39, 0.29) is 12.1 Å². The van der Waals surface area contributed by atoms with Crippen molar-refractivity contribution in [2.45, 2.75) is 71.0 Å². The van der Waals surface area contributed by atoms with Crippen LogP contribution in [0.3, 0.4) is 0 Å². The second-order valence-electron chi connectivity index (χ2n) is 7.69. The number of aromatic nitrogens is 1. The molecule has 1 aromatic rings. The summed E-state index contributed by atoms with van der Waals surface area (Å²) in [5, 5.41) is 22.2.